The van der Waals surface area contributed by atoms with E-state index in [2.05, 4.69) is 28.8 Å². The van der Waals surface area contributed by atoms with Gasteiger partial charge in [0, 0.05) is 19.6 Å². The molecule has 0 atom stereocenters. The molecule has 0 aromatic heterocycles. The summed E-state index contributed by atoms with van der Waals surface area (Å²) in [6.45, 7) is 3.52. The number of halogens is 2. The largest absolute Gasteiger partial charge is 0.326 e. The van der Waals surface area contributed by atoms with Gasteiger partial charge in [-0.05, 0) is 78.0 Å². The summed E-state index contributed by atoms with van der Waals surface area (Å²) in [6.07, 6.45) is 1.56. The second-order valence-electron chi connectivity index (χ2n) is 7.48. The Morgan fingerprint density at radius 1 is 0.600 bits per heavy atom. The first-order valence-corrected chi connectivity index (χ1v) is 10.3. The van der Waals surface area contributed by atoms with Gasteiger partial charge in [0.05, 0.1) is 0 Å². The van der Waals surface area contributed by atoms with Crippen LogP contribution >= 0.6 is 0 Å². The van der Waals surface area contributed by atoms with E-state index in [1.165, 1.54) is 23.3 Å². The summed E-state index contributed by atoms with van der Waals surface area (Å²) in [5, 5.41) is 6.85. The Kier molecular flexibility index (Phi) is 8.51. The maximum Gasteiger partial charge on any atom is 0.123 e. The molecule has 0 saturated carbocycles. The highest BCUT2D eigenvalue weighted by atomic mass is 19.1. The van der Waals surface area contributed by atoms with E-state index in [9.17, 15) is 8.78 Å². The molecule has 5 heteroatoms. The fraction of sp³-hybridized carbons (Fsp3) is 0.280. The van der Waals surface area contributed by atoms with Crippen molar-refractivity contribution < 1.29 is 8.78 Å². The monoisotopic (exact) mass is 409 g/mol. The van der Waals surface area contributed by atoms with Crippen LogP contribution in [0.4, 0.5) is 8.78 Å². The number of rotatable bonds is 11. The quantitative estimate of drug-likeness (QED) is 0.418. The molecule has 0 radical (unpaired) electrons. The number of hydrogen-bond acceptors (Lipinski definition) is 3. The van der Waals surface area contributed by atoms with Crippen molar-refractivity contribution >= 4 is 0 Å². The summed E-state index contributed by atoms with van der Waals surface area (Å²) in [5.41, 5.74) is 11.3. The van der Waals surface area contributed by atoms with Gasteiger partial charge in [-0.15, -0.1) is 0 Å². The van der Waals surface area contributed by atoms with E-state index in [0.29, 0.717) is 6.54 Å². The summed E-state index contributed by atoms with van der Waals surface area (Å²) in [7, 11) is 0. The minimum absolute atomic E-state index is 0.197. The van der Waals surface area contributed by atoms with E-state index in [0.717, 1.165) is 55.7 Å². The molecule has 4 N–H and O–H groups in total. The van der Waals surface area contributed by atoms with Crippen molar-refractivity contribution in [2.45, 2.75) is 32.5 Å². The fourth-order valence-corrected chi connectivity index (χ4v) is 3.48. The molecule has 0 saturated heterocycles. The number of benzene rings is 3. The maximum absolute atomic E-state index is 13.3. The van der Waals surface area contributed by atoms with E-state index in [-0.39, 0.29) is 11.6 Å². The summed E-state index contributed by atoms with van der Waals surface area (Å²) in [4.78, 5) is 0. The molecule has 30 heavy (non-hydrogen) atoms. The molecule has 0 aliphatic heterocycles. The molecule has 3 nitrogen and oxygen atoms in total. The Bertz CT molecular complexity index is 871. The Morgan fingerprint density at radius 3 is 1.50 bits per heavy atom. The normalized spacial score (nSPS) is 11.0. The molecule has 3 aromatic carbocycles. The van der Waals surface area contributed by atoms with Gasteiger partial charge < -0.3 is 16.4 Å². The average Bonchev–Trinajstić information content (AvgIpc) is 2.74. The predicted molar refractivity (Wildman–Crippen MR) is 118 cm³/mol. The van der Waals surface area contributed by atoms with Gasteiger partial charge in [0.25, 0.3) is 0 Å². The molecule has 0 aliphatic rings. The number of nitrogens with two attached hydrogens (primary N) is 1. The van der Waals surface area contributed by atoms with Gasteiger partial charge in [-0.25, -0.2) is 8.78 Å². The first kappa shape index (κ1) is 22.1. The Balaban J connectivity index is 1.46. The summed E-state index contributed by atoms with van der Waals surface area (Å²) >= 11 is 0. The smallest absolute Gasteiger partial charge is 0.123 e. The SMILES string of the molecule is NCc1cc(CNCCc2cccc(F)c2)cc(CNCCc2cccc(F)c2)c1. The first-order valence-electron chi connectivity index (χ1n) is 10.3. The van der Waals surface area contributed by atoms with Crippen molar-refractivity contribution in [2.24, 2.45) is 5.73 Å². The predicted octanol–water partition coefficient (Wildman–Crippen LogP) is 4.09. The van der Waals surface area contributed by atoms with Crippen molar-refractivity contribution in [2.75, 3.05) is 13.1 Å². The van der Waals surface area contributed by atoms with Gasteiger partial charge in [0.15, 0.2) is 0 Å². The summed E-state index contributed by atoms with van der Waals surface area (Å²) in [5.74, 6) is -0.393. The minimum atomic E-state index is -0.197. The fourth-order valence-electron chi connectivity index (χ4n) is 3.48. The molecule has 0 fully saturated rings. The molecule has 3 rings (SSSR count). The van der Waals surface area contributed by atoms with Crippen molar-refractivity contribution in [3.05, 3.63) is 106 Å². The van der Waals surface area contributed by atoms with Gasteiger partial charge in [0.1, 0.15) is 11.6 Å². The molecule has 0 amide bonds. The van der Waals surface area contributed by atoms with Crippen LogP contribution in [0.15, 0.2) is 66.7 Å². The summed E-state index contributed by atoms with van der Waals surface area (Å²) < 4.78 is 26.5. The maximum atomic E-state index is 13.3. The minimum Gasteiger partial charge on any atom is -0.326 e. The molecular formula is C25H29F2N3. The van der Waals surface area contributed by atoms with Crippen LogP contribution in [0.5, 0.6) is 0 Å². The van der Waals surface area contributed by atoms with Crippen LogP contribution < -0.4 is 16.4 Å². The lowest BCUT2D eigenvalue weighted by molar-refractivity contribution is 0.622. The van der Waals surface area contributed by atoms with E-state index in [4.69, 9.17) is 5.73 Å². The average molecular weight is 410 g/mol. The third kappa shape index (κ3) is 7.34. The topological polar surface area (TPSA) is 50.1 Å². The second-order valence-corrected chi connectivity index (χ2v) is 7.48. The van der Waals surface area contributed by atoms with Crippen LogP contribution in [0.3, 0.4) is 0 Å². The zero-order valence-electron chi connectivity index (χ0n) is 17.1. The lowest BCUT2D eigenvalue weighted by atomic mass is 10.0. The molecule has 0 bridgehead atoms. The Morgan fingerprint density at radius 2 is 1.07 bits per heavy atom. The van der Waals surface area contributed by atoms with Gasteiger partial charge in [-0.3, -0.25) is 0 Å². The highest BCUT2D eigenvalue weighted by Crippen LogP contribution is 2.11. The molecular weight excluding hydrogens is 380 g/mol. The van der Waals surface area contributed by atoms with E-state index in [1.54, 1.807) is 24.3 Å². The molecule has 0 spiro atoms. The Labute approximate surface area is 177 Å². The van der Waals surface area contributed by atoms with Gasteiger partial charge in [0.2, 0.25) is 0 Å². The van der Waals surface area contributed by atoms with E-state index >= 15 is 0 Å². The molecule has 0 heterocycles. The molecule has 158 valence electrons. The van der Waals surface area contributed by atoms with Crippen LogP contribution in [0.2, 0.25) is 0 Å². The second kappa shape index (κ2) is 11.6. The van der Waals surface area contributed by atoms with Crippen molar-refractivity contribution in [1.29, 1.82) is 0 Å². The highest BCUT2D eigenvalue weighted by Gasteiger charge is 2.02. The molecule has 0 aliphatic carbocycles. The third-order valence-corrected chi connectivity index (χ3v) is 4.97. The van der Waals surface area contributed by atoms with Crippen LogP contribution in [0.1, 0.15) is 27.8 Å². The van der Waals surface area contributed by atoms with Crippen LogP contribution in [0.25, 0.3) is 0 Å². The Hall–Kier alpha value is -2.60. The van der Waals surface area contributed by atoms with E-state index < -0.39 is 0 Å². The van der Waals surface area contributed by atoms with Gasteiger partial charge >= 0.3 is 0 Å². The van der Waals surface area contributed by atoms with Crippen LogP contribution in [0, 0.1) is 11.6 Å². The standard InChI is InChI=1S/C25H29F2N3/c26-24-5-1-3-19(14-24)7-9-29-17-22-11-21(16-28)12-23(13-22)18-30-10-8-20-4-2-6-25(27)15-20/h1-6,11-15,29-30H,7-10,16-18,28H2. The lowest BCUT2D eigenvalue weighted by Gasteiger charge is -2.11. The molecule has 0 unspecified atom stereocenters. The number of nitrogens with one attached hydrogen (secondary N) is 2. The zero-order chi connectivity index (χ0) is 21.2. The van der Waals surface area contributed by atoms with Crippen molar-refractivity contribution in [3.63, 3.8) is 0 Å². The summed E-state index contributed by atoms with van der Waals surface area (Å²) in [6, 6.07) is 19.8. The van der Waals surface area contributed by atoms with Gasteiger partial charge in [-0.1, -0.05) is 42.5 Å². The van der Waals surface area contributed by atoms with Crippen molar-refractivity contribution in [1.82, 2.24) is 10.6 Å². The molecule has 3 aromatic rings. The third-order valence-electron chi connectivity index (χ3n) is 4.97. The van der Waals surface area contributed by atoms with Crippen molar-refractivity contribution in [3.8, 4) is 0 Å². The lowest BCUT2D eigenvalue weighted by Crippen LogP contribution is -2.19. The van der Waals surface area contributed by atoms with Crippen LogP contribution in [-0.4, -0.2) is 13.1 Å². The first-order chi connectivity index (χ1) is 14.6. The van der Waals surface area contributed by atoms with Crippen LogP contribution in [-0.2, 0) is 32.5 Å². The van der Waals surface area contributed by atoms with E-state index in [1.807, 2.05) is 12.1 Å². The number of hydrogen-bond donors (Lipinski definition) is 3. The zero-order valence-corrected chi connectivity index (χ0v) is 17.1. The highest BCUT2D eigenvalue weighted by molar-refractivity contribution is 5.30. The van der Waals surface area contributed by atoms with Gasteiger partial charge in [-0.2, -0.15) is 0 Å².